The number of carboxylic acids is 1. The predicted octanol–water partition coefficient (Wildman–Crippen LogP) is 3.34. The van der Waals surface area contributed by atoms with Crippen molar-refractivity contribution < 1.29 is 18.7 Å². The normalized spacial score (nSPS) is 10.9. The van der Waals surface area contributed by atoms with Crippen LogP contribution >= 0.6 is 15.9 Å². The van der Waals surface area contributed by atoms with Gasteiger partial charge in [0.15, 0.2) is 11.4 Å². The fraction of sp³-hybridized carbons (Fsp3) is 0.100. The largest absolute Gasteiger partial charge is 0.475 e. The number of fused-ring (bicyclic) bond motifs is 1. The van der Waals surface area contributed by atoms with E-state index in [0.717, 1.165) is 0 Å². The summed E-state index contributed by atoms with van der Waals surface area (Å²) in [6.45, 7) is 1.58. The van der Waals surface area contributed by atoms with Gasteiger partial charge in [-0.2, -0.15) is 0 Å². The molecule has 1 aromatic heterocycles. The third-order valence-electron chi connectivity index (χ3n) is 2.15. The van der Waals surface area contributed by atoms with Gasteiger partial charge in [-0.1, -0.05) is 15.9 Å². The van der Waals surface area contributed by atoms with Crippen molar-refractivity contribution >= 4 is 32.9 Å². The molecule has 0 aliphatic rings. The molecule has 0 unspecified atom stereocenters. The van der Waals surface area contributed by atoms with E-state index >= 15 is 0 Å². The molecule has 0 saturated heterocycles. The quantitative estimate of drug-likeness (QED) is 0.866. The number of carboxylic acid groups (broad SMARTS) is 1. The maximum atomic E-state index is 13.4. The molecule has 0 aliphatic heterocycles. The minimum atomic E-state index is -1.20. The van der Waals surface area contributed by atoms with Gasteiger partial charge in [-0.15, -0.1) is 0 Å². The number of rotatable bonds is 1. The van der Waals surface area contributed by atoms with Gasteiger partial charge in [0, 0.05) is 15.4 Å². The number of benzene rings is 1. The van der Waals surface area contributed by atoms with Crippen LogP contribution < -0.4 is 0 Å². The Bertz CT molecular complexity index is 559. The number of aryl methyl sites for hydroxylation is 1. The number of hydrogen-bond acceptors (Lipinski definition) is 2. The summed E-state index contributed by atoms with van der Waals surface area (Å²) in [5, 5.41) is 9.27. The molecule has 0 atom stereocenters. The molecule has 15 heavy (non-hydrogen) atoms. The van der Waals surface area contributed by atoms with E-state index in [2.05, 4.69) is 15.9 Å². The second kappa shape index (κ2) is 3.34. The van der Waals surface area contributed by atoms with Gasteiger partial charge in [-0.3, -0.25) is 0 Å². The van der Waals surface area contributed by atoms with E-state index in [0.29, 0.717) is 15.4 Å². The molecule has 1 N–H and O–H groups in total. The Morgan fingerprint density at radius 1 is 1.53 bits per heavy atom. The summed E-state index contributed by atoms with van der Waals surface area (Å²) in [7, 11) is 0. The molecule has 78 valence electrons. The molecular weight excluding hydrogens is 267 g/mol. The molecular formula is C10H6BrFO3. The summed E-state index contributed by atoms with van der Waals surface area (Å²) in [6.07, 6.45) is 0. The third kappa shape index (κ3) is 1.52. The predicted molar refractivity (Wildman–Crippen MR) is 55.6 cm³/mol. The average molecular weight is 273 g/mol. The fourth-order valence-electron chi connectivity index (χ4n) is 1.45. The van der Waals surface area contributed by atoms with E-state index in [1.165, 1.54) is 6.07 Å². The first kappa shape index (κ1) is 10.2. The first-order valence-corrected chi connectivity index (χ1v) is 4.91. The van der Waals surface area contributed by atoms with Crippen molar-refractivity contribution in [1.29, 1.82) is 0 Å². The molecule has 0 bridgehead atoms. The van der Waals surface area contributed by atoms with E-state index in [9.17, 15) is 9.18 Å². The number of hydrogen-bond donors (Lipinski definition) is 1. The van der Waals surface area contributed by atoms with Crippen molar-refractivity contribution in [3.8, 4) is 0 Å². The molecule has 2 rings (SSSR count). The highest BCUT2D eigenvalue weighted by molar-refractivity contribution is 9.10. The van der Waals surface area contributed by atoms with Gasteiger partial charge in [-0.05, 0) is 19.1 Å². The Morgan fingerprint density at radius 2 is 2.20 bits per heavy atom. The molecule has 0 spiro atoms. The first-order valence-electron chi connectivity index (χ1n) is 4.12. The molecule has 2 aromatic rings. The van der Waals surface area contributed by atoms with Crippen molar-refractivity contribution in [3.05, 3.63) is 33.7 Å². The van der Waals surface area contributed by atoms with E-state index < -0.39 is 11.8 Å². The van der Waals surface area contributed by atoms with Crippen LogP contribution in [0.15, 0.2) is 21.0 Å². The lowest BCUT2D eigenvalue weighted by Crippen LogP contribution is -1.95. The fourth-order valence-corrected chi connectivity index (χ4v) is 1.88. The van der Waals surface area contributed by atoms with Crippen molar-refractivity contribution in [1.82, 2.24) is 0 Å². The Hall–Kier alpha value is -1.36. The smallest absolute Gasteiger partial charge is 0.372 e. The second-order valence-electron chi connectivity index (χ2n) is 3.13. The highest BCUT2D eigenvalue weighted by atomic mass is 79.9. The monoisotopic (exact) mass is 272 g/mol. The number of halogens is 2. The molecule has 1 heterocycles. The molecule has 0 aliphatic carbocycles. The van der Waals surface area contributed by atoms with Crippen LogP contribution in [0.4, 0.5) is 4.39 Å². The summed E-state index contributed by atoms with van der Waals surface area (Å²) in [5.74, 6) is -1.99. The van der Waals surface area contributed by atoms with Gasteiger partial charge >= 0.3 is 5.97 Å². The molecule has 3 nitrogen and oxygen atoms in total. The lowest BCUT2D eigenvalue weighted by atomic mass is 10.1. The highest BCUT2D eigenvalue weighted by Crippen LogP contribution is 2.30. The Balaban J connectivity index is 2.88. The minimum Gasteiger partial charge on any atom is -0.475 e. The molecule has 0 radical (unpaired) electrons. The minimum absolute atomic E-state index is 0.0203. The van der Waals surface area contributed by atoms with E-state index in [1.807, 2.05) is 0 Å². The van der Waals surface area contributed by atoms with E-state index in [-0.39, 0.29) is 11.3 Å². The Morgan fingerprint density at radius 3 is 2.80 bits per heavy atom. The maximum absolute atomic E-state index is 13.4. The average Bonchev–Trinajstić information content (AvgIpc) is 2.44. The molecule has 0 fully saturated rings. The van der Waals surface area contributed by atoms with Crippen molar-refractivity contribution in [3.63, 3.8) is 0 Å². The number of aromatic carboxylic acids is 1. The van der Waals surface area contributed by atoms with Crippen LogP contribution in [-0.4, -0.2) is 11.1 Å². The van der Waals surface area contributed by atoms with Crippen LogP contribution in [0.1, 0.15) is 16.1 Å². The second-order valence-corrected chi connectivity index (χ2v) is 4.04. The Labute approximate surface area is 92.6 Å². The molecule has 1 aromatic carbocycles. The van der Waals surface area contributed by atoms with Crippen LogP contribution in [0.2, 0.25) is 0 Å². The van der Waals surface area contributed by atoms with Crippen molar-refractivity contribution in [2.75, 3.05) is 0 Å². The van der Waals surface area contributed by atoms with Crippen LogP contribution in [0.25, 0.3) is 11.0 Å². The summed E-state index contributed by atoms with van der Waals surface area (Å²) >= 11 is 3.13. The van der Waals surface area contributed by atoms with Gasteiger partial charge in [0.1, 0.15) is 0 Å². The van der Waals surface area contributed by atoms with Crippen LogP contribution in [0, 0.1) is 12.7 Å². The van der Waals surface area contributed by atoms with Gasteiger partial charge in [-0.25, -0.2) is 9.18 Å². The summed E-state index contributed by atoms with van der Waals surface area (Å²) in [5.41, 5.74) is 0.408. The van der Waals surface area contributed by atoms with Gasteiger partial charge in [0.25, 0.3) is 0 Å². The SMILES string of the molecule is Cc1c(C(=O)O)oc2c(F)cc(Br)cc12. The van der Waals surface area contributed by atoms with Crippen LogP contribution in [-0.2, 0) is 0 Å². The van der Waals surface area contributed by atoms with Gasteiger partial charge < -0.3 is 9.52 Å². The highest BCUT2D eigenvalue weighted by Gasteiger charge is 2.19. The zero-order valence-electron chi connectivity index (χ0n) is 7.67. The zero-order chi connectivity index (χ0) is 11.2. The Kier molecular flexibility index (Phi) is 2.26. The molecule has 0 amide bonds. The summed E-state index contributed by atoms with van der Waals surface area (Å²) in [6, 6.07) is 2.86. The summed E-state index contributed by atoms with van der Waals surface area (Å²) in [4.78, 5) is 10.8. The number of furan rings is 1. The van der Waals surface area contributed by atoms with Crippen LogP contribution in [0.3, 0.4) is 0 Å². The van der Waals surface area contributed by atoms with E-state index in [1.54, 1.807) is 13.0 Å². The summed E-state index contributed by atoms with van der Waals surface area (Å²) < 4.78 is 18.9. The van der Waals surface area contributed by atoms with Gasteiger partial charge in [0.2, 0.25) is 5.76 Å². The molecule has 0 saturated carbocycles. The van der Waals surface area contributed by atoms with Gasteiger partial charge in [0.05, 0.1) is 0 Å². The van der Waals surface area contributed by atoms with Crippen molar-refractivity contribution in [2.24, 2.45) is 0 Å². The van der Waals surface area contributed by atoms with Crippen LogP contribution in [0.5, 0.6) is 0 Å². The first-order chi connectivity index (χ1) is 7.00. The maximum Gasteiger partial charge on any atom is 0.372 e. The lowest BCUT2D eigenvalue weighted by Gasteiger charge is -1.93. The topological polar surface area (TPSA) is 50.4 Å². The molecule has 5 heteroatoms. The van der Waals surface area contributed by atoms with E-state index in [4.69, 9.17) is 9.52 Å². The van der Waals surface area contributed by atoms with Crippen molar-refractivity contribution in [2.45, 2.75) is 6.92 Å². The number of carbonyl (C=O) groups is 1. The standard InChI is InChI=1S/C10H6BrFO3/c1-4-6-2-5(11)3-7(12)9(6)15-8(4)10(13)14/h2-3H,1H3,(H,13,14). The third-order valence-corrected chi connectivity index (χ3v) is 2.61. The lowest BCUT2D eigenvalue weighted by molar-refractivity contribution is 0.0663. The zero-order valence-corrected chi connectivity index (χ0v) is 9.26.